The van der Waals surface area contributed by atoms with E-state index in [2.05, 4.69) is 20.9 Å². The zero-order chi connectivity index (χ0) is 11.0. The minimum atomic E-state index is -0.864. The fourth-order valence-corrected chi connectivity index (χ4v) is 1.80. The molecule has 1 unspecified atom stereocenters. The third-order valence-electron chi connectivity index (χ3n) is 2.30. The Morgan fingerprint density at radius 3 is 3.07 bits per heavy atom. The van der Waals surface area contributed by atoms with Crippen molar-refractivity contribution in [1.29, 1.82) is 0 Å². The summed E-state index contributed by atoms with van der Waals surface area (Å²) in [5.41, 5.74) is 0.688. The van der Waals surface area contributed by atoms with Crippen molar-refractivity contribution < 1.29 is 9.90 Å². The van der Waals surface area contributed by atoms with Crippen molar-refractivity contribution in [1.82, 2.24) is 9.55 Å². The molecule has 4 nitrogen and oxygen atoms in total. The van der Waals surface area contributed by atoms with Crippen molar-refractivity contribution in [3.63, 3.8) is 0 Å². The third kappa shape index (κ3) is 1.74. The van der Waals surface area contributed by atoms with Gasteiger partial charge in [-0.3, -0.25) is 0 Å². The molecule has 0 saturated carbocycles. The fraction of sp³-hybridized carbons (Fsp3) is 0.200. The van der Waals surface area contributed by atoms with Gasteiger partial charge in [0, 0.05) is 22.3 Å². The highest BCUT2D eigenvalue weighted by molar-refractivity contribution is 9.10. The minimum Gasteiger partial charge on any atom is -0.480 e. The molecule has 0 aromatic carbocycles. The van der Waals surface area contributed by atoms with E-state index in [-0.39, 0.29) is 0 Å². The van der Waals surface area contributed by atoms with Crippen LogP contribution >= 0.6 is 15.9 Å². The van der Waals surface area contributed by atoms with Gasteiger partial charge in [-0.1, -0.05) is 0 Å². The first kappa shape index (κ1) is 10.2. The molecule has 2 aromatic rings. The van der Waals surface area contributed by atoms with E-state index in [1.54, 1.807) is 23.9 Å². The van der Waals surface area contributed by atoms with E-state index in [1.807, 2.05) is 12.1 Å². The van der Waals surface area contributed by atoms with Gasteiger partial charge >= 0.3 is 5.97 Å². The summed E-state index contributed by atoms with van der Waals surface area (Å²) in [6.45, 7) is 1.63. The summed E-state index contributed by atoms with van der Waals surface area (Å²) >= 11 is 3.32. The number of carboxylic acids is 1. The molecule has 2 aromatic heterocycles. The Kier molecular flexibility index (Phi) is 2.48. The molecule has 0 fully saturated rings. The van der Waals surface area contributed by atoms with Gasteiger partial charge in [-0.15, -0.1) is 0 Å². The summed E-state index contributed by atoms with van der Waals surface area (Å²) in [6, 6.07) is 3.16. The molecule has 1 N–H and O–H groups in total. The lowest BCUT2D eigenvalue weighted by Crippen LogP contribution is -2.14. The van der Waals surface area contributed by atoms with Crippen LogP contribution in [0.3, 0.4) is 0 Å². The molecule has 0 saturated heterocycles. The van der Waals surface area contributed by atoms with E-state index < -0.39 is 12.0 Å². The molecule has 78 valence electrons. The average molecular weight is 269 g/mol. The number of aromatic nitrogens is 2. The number of pyridine rings is 1. The number of carbonyl (C=O) groups is 1. The smallest absolute Gasteiger partial charge is 0.326 e. The molecule has 0 amide bonds. The molecule has 0 aliphatic rings. The second kappa shape index (κ2) is 3.66. The van der Waals surface area contributed by atoms with Crippen molar-refractivity contribution in [2.24, 2.45) is 0 Å². The summed E-state index contributed by atoms with van der Waals surface area (Å²) in [4.78, 5) is 15.0. The molecule has 15 heavy (non-hydrogen) atoms. The topological polar surface area (TPSA) is 55.1 Å². The molecule has 1 atom stereocenters. The SMILES string of the molecule is CC(C(=O)O)n1ccc2cc(Br)cnc21. The Morgan fingerprint density at radius 2 is 2.40 bits per heavy atom. The van der Waals surface area contributed by atoms with Crippen LogP contribution in [0.4, 0.5) is 0 Å². The number of fused-ring (bicyclic) bond motifs is 1. The molecule has 2 heterocycles. The number of hydrogen-bond acceptors (Lipinski definition) is 2. The average Bonchev–Trinajstić information content (AvgIpc) is 2.59. The zero-order valence-electron chi connectivity index (χ0n) is 8.01. The standard InChI is InChI=1S/C10H9BrN2O2/c1-6(10(14)15)13-3-2-7-4-8(11)5-12-9(7)13/h2-6H,1H3,(H,14,15). The van der Waals surface area contributed by atoms with Crippen LogP contribution in [-0.4, -0.2) is 20.6 Å². The number of carboxylic acid groups (broad SMARTS) is 1. The summed E-state index contributed by atoms with van der Waals surface area (Å²) in [6.07, 6.45) is 3.40. The molecule has 0 bridgehead atoms. The lowest BCUT2D eigenvalue weighted by Gasteiger charge is -2.08. The normalized spacial score (nSPS) is 12.9. The number of nitrogens with zero attached hydrogens (tertiary/aromatic N) is 2. The Labute approximate surface area is 94.7 Å². The van der Waals surface area contributed by atoms with Gasteiger partial charge in [-0.2, -0.15) is 0 Å². The third-order valence-corrected chi connectivity index (χ3v) is 2.73. The first-order valence-corrected chi connectivity index (χ1v) is 5.24. The predicted octanol–water partition coefficient (Wildman–Crippen LogP) is 2.44. The zero-order valence-corrected chi connectivity index (χ0v) is 9.60. The van der Waals surface area contributed by atoms with E-state index >= 15 is 0 Å². The van der Waals surface area contributed by atoms with Crippen LogP contribution in [0.15, 0.2) is 29.0 Å². The van der Waals surface area contributed by atoms with Crippen LogP contribution in [0.5, 0.6) is 0 Å². The first-order chi connectivity index (χ1) is 7.09. The minimum absolute atomic E-state index is 0.601. The van der Waals surface area contributed by atoms with Gasteiger partial charge in [-0.25, -0.2) is 9.78 Å². The Morgan fingerprint density at radius 1 is 1.67 bits per heavy atom. The van der Waals surface area contributed by atoms with Crippen LogP contribution in [0, 0.1) is 0 Å². The van der Waals surface area contributed by atoms with Crippen LogP contribution in [0.1, 0.15) is 13.0 Å². The number of rotatable bonds is 2. The molecule has 5 heteroatoms. The van der Waals surface area contributed by atoms with E-state index in [9.17, 15) is 4.79 Å². The first-order valence-electron chi connectivity index (χ1n) is 4.44. The lowest BCUT2D eigenvalue weighted by atomic mass is 10.3. The molecule has 0 aliphatic carbocycles. The monoisotopic (exact) mass is 268 g/mol. The second-order valence-corrected chi connectivity index (χ2v) is 4.22. The predicted molar refractivity (Wildman–Crippen MR) is 59.8 cm³/mol. The van der Waals surface area contributed by atoms with Crippen LogP contribution in [-0.2, 0) is 4.79 Å². The van der Waals surface area contributed by atoms with Gasteiger partial charge in [0.15, 0.2) is 0 Å². The van der Waals surface area contributed by atoms with Gasteiger partial charge in [0.1, 0.15) is 11.7 Å². The maximum atomic E-state index is 10.9. The highest BCUT2D eigenvalue weighted by Gasteiger charge is 2.15. The molecular weight excluding hydrogens is 260 g/mol. The Balaban J connectivity index is 2.59. The van der Waals surface area contributed by atoms with Crippen LogP contribution in [0.2, 0.25) is 0 Å². The van der Waals surface area contributed by atoms with Gasteiger partial charge in [0.05, 0.1) is 0 Å². The molecule has 0 radical (unpaired) electrons. The molecular formula is C10H9BrN2O2. The highest BCUT2D eigenvalue weighted by atomic mass is 79.9. The summed E-state index contributed by atoms with van der Waals surface area (Å²) in [5, 5.41) is 9.84. The van der Waals surface area contributed by atoms with Crippen molar-refractivity contribution in [3.8, 4) is 0 Å². The van der Waals surface area contributed by atoms with Crippen molar-refractivity contribution in [2.45, 2.75) is 13.0 Å². The van der Waals surface area contributed by atoms with Crippen molar-refractivity contribution >= 4 is 32.9 Å². The fourth-order valence-electron chi connectivity index (χ4n) is 1.45. The van der Waals surface area contributed by atoms with E-state index in [4.69, 9.17) is 5.11 Å². The quantitative estimate of drug-likeness (QED) is 0.911. The summed E-state index contributed by atoms with van der Waals surface area (Å²) in [5.74, 6) is -0.864. The van der Waals surface area contributed by atoms with Gasteiger partial charge in [0.2, 0.25) is 0 Å². The molecule has 0 aliphatic heterocycles. The lowest BCUT2D eigenvalue weighted by molar-refractivity contribution is -0.140. The summed E-state index contributed by atoms with van der Waals surface area (Å²) < 4.78 is 2.53. The maximum Gasteiger partial charge on any atom is 0.326 e. The highest BCUT2D eigenvalue weighted by Crippen LogP contribution is 2.21. The number of aliphatic carboxylic acids is 1. The number of halogens is 1. The van der Waals surface area contributed by atoms with E-state index in [1.165, 1.54) is 0 Å². The van der Waals surface area contributed by atoms with E-state index in [0.717, 1.165) is 9.86 Å². The molecule has 0 spiro atoms. The Bertz CT molecular complexity index is 521. The second-order valence-electron chi connectivity index (χ2n) is 3.30. The molecule has 2 rings (SSSR count). The Hall–Kier alpha value is -1.36. The largest absolute Gasteiger partial charge is 0.480 e. The maximum absolute atomic E-state index is 10.9. The van der Waals surface area contributed by atoms with Crippen LogP contribution in [0.25, 0.3) is 11.0 Å². The van der Waals surface area contributed by atoms with Gasteiger partial charge in [-0.05, 0) is 35.0 Å². The summed E-state index contributed by atoms with van der Waals surface area (Å²) in [7, 11) is 0. The van der Waals surface area contributed by atoms with Crippen molar-refractivity contribution in [2.75, 3.05) is 0 Å². The van der Waals surface area contributed by atoms with Crippen LogP contribution < -0.4 is 0 Å². The number of hydrogen-bond donors (Lipinski definition) is 1. The van der Waals surface area contributed by atoms with Gasteiger partial charge < -0.3 is 9.67 Å². The van der Waals surface area contributed by atoms with E-state index in [0.29, 0.717) is 5.65 Å². The van der Waals surface area contributed by atoms with Crippen molar-refractivity contribution in [3.05, 3.63) is 29.0 Å². The van der Waals surface area contributed by atoms with Gasteiger partial charge in [0.25, 0.3) is 0 Å².